The molecular weight excluding hydrogens is 268 g/mol. The third-order valence-corrected chi connectivity index (χ3v) is 3.54. The van der Waals surface area contributed by atoms with Gasteiger partial charge in [0.1, 0.15) is 5.75 Å². The first-order chi connectivity index (χ1) is 9.81. The van der Waals surface area contributed by atoms with Gasteiger partial charge in [-0.25, -0.2) is 0 Å². The zero-order chi connectivity index (χ0) is 14.6. The van der Waals surface area contributed by atoms with E-state index in [1.54, 1.807) is 0 Å². The van der Waals surface area contributed by atoms with Crippen LogP contribution in [0.2, 0.25) is 0 Å². The van der Waals surface area contributed by atoms with Gasteiger partial charge in [0.25, 0.3) is 0 Å². The lowest BCUT2D eigenvalue weighted by atomic mass is 10.0. The minimum absolute atomic E-state index is 0.574. The van der Waals surface area contributed by atoms with Gasteiger partial charge in [0.05, 0.1) is 12.2 Å². The molecule has 0 aromatic heterocycles. The number of alkyl halides is 1. The summed E-state index contributed by atoms with van der Waals surface area (Å²) < 4.78 is 5.98. The van der Waals surface area contributed by atoms with E-state index in [-0.39, 0.29) is 0 Å². The molecule has 0 bridgehead atoms. The normalized spacial score (nSPS) is 11.6. The highest BCUT2D eigenvalue weighted by Gasteiger charge is 2.08. The molecule has 0 saturated heterocycles. The predicted molar refractivity (Wildman–Crippen MR) is 87.5 cm³/mol. The summed E-state index contributed by atoms with van der Waals surface area (Å²) >= 11 is 5.64. The van der Waals surface area contributed by atoms with Crippen molar-refractivity contribution >= 4 is 11.6 Å². The molecule has 110 valence electrons. The SMILES string of the molecule is CCCCC(CC)COc1ccccc1C#CCCCl. The van der Waals surface area contributed by atoms with E-state index in [0.29, 0.717) is 18.2 Å². The first kappa shape index (κ1) is 16.9. The van der Waals surface area contributed by atoms with E-state index in [0.717, 1.165) is 17.9 Å². The fraction of sp³-hybridized carbons (Fsp3) is 0.556. The first-order valence-corrected chi connectivity index (χ1v) is 8.11. The Bertz CT molecular complexity index is 431. The second-order valence-electron chi connectivity index (χ2n) is 4.96. The van der Waals surface area contributed by atoms with Crippen LogP contribution in [-0.2, 0) is 0 Å². The molecule has 0 aliphatic carbocycles. The Balaban J connectivity index is 2.60. The van der Waals surface area contributed by atoms with Crippen molar-refractivity contribution < 1.29 is 4.74 Å². The Hall–Kier alpha value is -1.13. The van der Waals surface area contributed by atoms with Gasteiger partial charge in [0.15, 0.2) is 0 Å². The average Bonchev–Trinajstić information content (AvgIpc) is 2.49. The smallest absolute Gasteiger partial charge is 0.134 e. The van der Waals surface area contributed by atoms with E-state index in [1.807, 2.05) is 24.3 Å². The molecule has 0 amide bonds. The molecule has 1 aromatic rings. The van der Waals surface area contributed by atoms with Gasteiger partial charge in [0.2, 0.25) is 0 Å². The zero-order valence-electron chi connectivity index (χ0n) is 12.6. The van der Waals surface area contributed by atoms with Crippen LogP contribution in [-0.4, -0.2) is 12.5 Å². The maximum atomic E-state index is 5.98. The number of benzene rings is 1. The summed E-state index contributed by atoms with van der Waals surface area (Å²) in [5.41, 5.74) is 0.961. The lowest BCUT2D eigenvalue weighted by Crippen LogP contribution is -2.11. The number of para-hydroxylation sites is 1. The monoisotopic (exact) mass is 292 g/mol. The van der Waals surface area contributed by atoms with Crippen LogP contribution < -0.4 is 4.74 Å². The fourth-order valence-electron chi connectivity index (χ4n) is 2.01. The van der Waals surface area contributed by atoms with Crippen LogP contribution in [0.5, 0.6) is 5.75 Å². The molecule has 0 saturated carbocycles. The lowest BCUT2D eigenvalue weighted by Gasteiger charge is -2.16. The van der Waals surface area contributed by atoms with Crippen molar-refractivity contribution in [1.82, 2.24) is 0 Å². The van der Waals surface area contributed by atoms with Crippen molar-refractivity contribution in [3.05, 3.63) is 29.8 Å². The Kier molecular flexibility index (Phi) is 9.00. The van der Waals surface area contributed by atoms with Gasteiger partial charge in [-0.15, -0.1) is 11.6 Å². The number of hydrogen-bond donors (Lipinski definition) is 0. The highest BCUT2D eigenvalue weighted by molar-refractivity contribution is 6.18. The molecular formula is C18H25ClO. The Morgan fingerprint density at radius 1 is 1.25 bits per heavy atom. The topological polar surface area (TPSA) is 9.23 Å². The molecule has 0 radical (unpaired) electrons. The summed E-state index contributed by atoms with van der Waals surface area (Å²) in [6.45, 7) is 5.25. The Labute approximate surface area is 128 Å². The van der Waals surface area contributed by atoms with E-state index in [4.69, 9.17) is 16.3 Å². The maximum absolute atomic E-state index is 5.98. The van der Waals surface area contributed by atoms with Crippen LogP contribution in [0.4, 0.5) is 0 Å². The molecule has 2 heteroatoms. The van der Waals surface area contributed by atoms with Crippen molar-refractivity contribution in [2.75, 3.05) is 12.5 Å². The summed E-state index contributed by atoms with van der Waals surface area (Å²) in [6.07, 6.45) is 5.65. The van der Waals surface area contributed by atoms with Gasteiger partial charge in [-0.2, -0.15) is 0 Å². The van der Waals surface area contributed by atoms with Crippen LogP contribution in [0.25, 0.3) is 0 Å². The van der Waals surface area contributed by atoms with Crippen molar-refractivity contribution in [3.63, 3.8) is 0 Å². The van der Waals surface area contributed by atoms with E-state index < -0.39 is 0 Å². The van der Waals surface area contributed by atoms with Gasteiger partial charge < -0.3 is 4.74 Å². The second-order valence-corrected chi connectivity index (χ2v) is 5.34. The molecule has 0 heterocycles. The van der Waals surface area contributed by atoms with Gasteiger partial charge in [0, 0.05) is 12.3 Å². The molecule has 20 heavy (non-hydrogen) atoms. The number of halogens is 1. The summed E-state index contributed by atoms with van der Waals surface area (Å²) in [5.74, 6) is 8.31. The highest BCUT2D eigenvalue weighted by Crippen LogP contribution is 2.20. The van der Waals surface area contributed by atoms with E-state index >= 15 is 0 Å². The summed E-state index contributed by atoms with van der Waals surface area (Å²) in [6, 6.07) is 7.99. The van der Waals surface area contributed by atoms with Crippen LogP contribution >= 0.6 is 11.6 Å². The highest BCUT2D eigenvalue weighted by atomic mass is 35.5. The van der Waals surface area contributed by atoms with Crippen molar-refractivity contribution in [3.8, 4) is 17.6 Å². The van der Waals surface area contributed by atoms with E-state index in [2.05, 4.69) is 25.7 Å². The fourth-order valence-corrected chi connectivity index (χ4v) is 2.10. The van der Waals surface area contributed by atoms with Crippen molar-refractivity contribution in [2.45, 2.75) is 46.0 Å². The molecule has 1 nitrogen and oxygen atoms in total. The van der Waals surface area contributed by atoms with Gasteiger partial charge >= 0.3 is 0 Å². The quantitative estimate of drug-likeness (QED) is 0.469. The Morgan fingerprint density at radius 2 is 2.05 bits per heavy atom. The van der Waals surface area contributed by atoms with Gasteiger partial charge in [-0.1, -0.05) is 57.1 Å². The minimum atomic E-state index is 0.574. The minimum Gasteiger partial charge on any atom is -0.492 e. The predicted octanol–water partition coefficient (Wildman–Crippen LogP) is 5.26. The molecule has 0 aliphatic heterocycles. The van der Waals surface area contributed by atoms with Gasteiger partial charge in [-0.05, 0) is 24.5 Å². The number of ether oxygens (including phenoxy) is 1. The van der Waals surface area contributed by atoms with Crippen LogP contribution in [0.3, 0.4) is 0 Å². The summed E-state index contributed by atoms with van der Waals surface area (Å²) in [4.78, 5) is 0. The number of rotatable bonds is 8. The third kappa shape index (κ3) is 6.35. The van der Waals surface area contributed by atoms with E-state index in [9.17, 15) is 0 Å². The standard InChI is InChI=1S/C18H25ClO/c1-3-5-10-16(4-2)15-20-18-13-7-6-11-17(18)12-8-9-14-19/h6-7,11,13,16H,3-5,9-10,14-15H2,1-2H3. The molecule has 1 rings (SSSR count). The van der Waals surface area contributed by atoms with Crippen LogP contribution in [0.1, 0.15) is 51.5 Å². The lowest BCUT2D eigenvalue weighted by molar-refractivity contribution is 0.233. The van der Waals surface area contributed by atoms with E-state index in [1.165, 1.54) is 25.7 Å². The third-order valence-electron chi connectivity index (χ3n) is 3.35. The first-order valence-electron chi connectivity index (χ1n) is 7.58. The zero-order valence-corrected chi connectivity index (χ0v) is 13.4. The number of hydrogen-bond acceptors (Lipinski definition) is 1. The van der Waals surface area contributed by atoms with Crippen molar-refractivity contribution in [1.29, 1.82) is 0 Å². The largest absolute Gasteiger partial charge is 0.492 e. The molecule has 0 fully saturated rings. The van der Waals surface area contributed by atoms with Crippen LogP contribution in [0.15, 0.2) is 24.3 Å². The Morgan fingerprint density at radius 3 is 2.75 bits per heavy atom. The van der Waals surface area contributed by atoms with Gasteiger partial charge in [-0.3, -0.25) is 0 Å². The maximum Gasteiger partial charge on any atom is 0.134 e. The number of unbranched alkanes of at least 4 members (excludes halogenated alkanes) is 1. The molecule has 0 spiro atoms. The molecule has 1 unspecified atom stereocenters. The summed E-state index contributed by atoms with van der Waals surface area (Å²) in [7, 11) is 0. The molecule has 0 N–H and O–H groups in total. The second kappa shape index (κ2) is 10.6. The van der Waals surface area contributed by atoms with Crippen LogP contribution in [0, 0.1) is 17.8 Å². The molecule has 1 atom stereocenters. The molecule has 0 aliphatic rings. The van der Waals surface area contributed by atoms with Crippen molar-refractivity contribution in [2.24, 2.45) is 5.92 Å². The summed E-state index contributed by atoms with van der Waals surface area (Å²) in [5, 5.41) is 0. The molecule has 1 aromatic carbocycles. The average molecular weight is 293 g/mol.